The SMILES string of the molecule is CC1(C)C(NCCN2CCOCC2)C2CCCOC21. The van der Waals surface area contributed by atoms with Crippen LogP contribution in [0.3, 0.4) is 0 Å². The molecule has 0 radical (unpaired) electrons. The zero-order valence-corrected chi connectivity index (χ0v) is 12.4. The molecule has 1 aliphatic carbocycles. The second kappa shape index (κ2) is 5.68. The van der Waals surface area contributed by atoms with Crippen molar-refractivity contribution in [3.63, 3.8) is 0 Å². The maximum absolute atomic E-state index is 5.95. The lowest BCUT2D eigenvalue weighted by Gasteiger charge is -2.60. The molecular formula is C15H28N2O2. The highest BCUT2D eigenvalue weighted by Gasteiger charge is 2.57. The molecule has 4 nitrogen and oxygen atoms in total. The maximum atomic E-state index is 5.95. The Hall–Kier alpha value is -0.160. The van der Waals surface area contributed by atoms with E-state index >= 15 is 0 Å². The second-order valence-electron chi connectivity index (χ2n) is 6.80. The van der Waals surface area contributed by atoms with Crippen LogP contribution in [0.25, 0.3) is 0 Å². The van der Waals surface area contributed by atoms with E-state index in [1.807, 2.05) is 0 Å². The van der Waals surface area contributed by atoms with Gasteiger partial charge in [-0.25, -0.2) is 0 Å². The van der Waals surface area contributed by atoms with E-state index in [9.17, 15) is 0 Å². The van der Waals surface area contributed by atoms with Crippen molar-refractivity contribution in [1.29, 1.82) is 0 Å². The molecule has 2 aliphatic heterocycles. The van der Waals surface area contributed by atoms with E-state index in [2.05, 4.69) is 24.1 Å². The minimum atomic E-state index is 0.302. The Balaban J connectivity index is 1.44. The molecule has 3 atom stereocenters. The first-order chi connectivity index (χ1) is 9.19. The molecule has 3 unspecified atom stereocenters. The summed E-state index contributed by atoms with van der Waals surface area (Å²) in [5.41, 5.74) is 0.302. The van der Waals surface area contributed by atoms with Gasteiger partial charge in [-0.2, -0.15) is 0 Å². The summed E-state index contributed by atoms with van der Waals surface area (Å²) in [5.74, 6) is 0.744. The lowest BCUT2D eigenvalue weighted by atomic mass is 9.55. The molecular weight excluding hydrogens is 240 g/mol. The van der Waals surface area contributed by atoms with Gasteiger partial charge in [0.05, 0.1) is 19.3 Å². The van der Waals surface area contributed by atoms with Gasteiger partial charge in [0.1, 0.15) is 0 Å². The number of fused-ring (bicyclic) bond motifs is 1. The van der Waals surface area contributed by atoms with Gasteiger partial charge in [-0.3, -0.25) is 4.90 Å². The molecule has 0 amide bonds. The first-order valence-electron chi connectivity index (χ1n) is 7.84. The Bertz CT molecular complexity index is 303. The number of nitrogens with one attached hydrogen (secondary N) is 1. The smallest absolute Gasteiger partial charge is 0.0684 e. The van der Waals surface area contributed by atoms with Crippen molar-refractivity contribution in [3.05, 3.63) is 0 Å². The van der Waals surface area contributed by atoms with Crippen LogP contribution in [0.15, 0.2) is 0 Å². The Morgan fingerprint density at radius 2 is 2.00 bits per heavy atom. The summed E-state index contributed by atoms with van der Waals surface area (Å²) in [6, 6.07) is 0.638. The van der Waals surface area contributed by atoms with E-state index in [4.69, 9.17) is 9.47 Å². The zero-order chi connectivity index (χ0) is 13.3. The molecule has 0 aromatic rings. The quantitative estimate of drug-likeness (QED) is 0.828. The third-order valence-corrected chi connectivity index (χ3v) is 5.23. The Kier molecular flexibility index (Phi) is 4.13. The van der Waals surface area contributed by atoms with Gasteiger partial charge < -0.3 is 14.8 Å². The van der Waals surface area contributed by atoms with Crippen LogP contribution in [0.4, 0.5) is 0 Å². The molecule has 110 valence electrons. The summed E-state index contributed by atoms with van der Waals surface area (Å²) in [4.78, 5) is 2.50. The topological polar surface area (TPSA) is 33.7 Å². The van der Waals surface area contributed by atoms with Crippen molar-refractivity contribution >= 4 is 0 Å². The van der Waals surface area contributed by atoms with Crippen molar-refractivity contribution in [1.82, 2.24) is 10.2 Å². The second-order valence-corrected chi connectivity index (χ2v) is 6.80. The number of hydrogen-bond acceptors (Lipinski definition) is 4. The largest absolute Gasteiger partial charge is 0.379 e. The van der Waals surface area contributed by atoms with Gasteiger partial charge in [0, 0.05) is 50.2 Å². The summed E-state index contributed by atoms with van der Waals surface area (Å²) in [5, 5.41) is 3.79. The first kappa shape index (κ1) is 13.8. The molecule has 3 fully saturated rings. The Morgan fingerprint density at radius 3 is 2.79 bits per heavy atom. The van der Waals surface area contributed by atoms with Gasteiger partial charge in [0.25, 0.3) is 0 Å². The summed E-state index contributed by atoms with van der Waals surface area (Å²) in [7, 11) is 0. The fourth-order valence-electron chi connectivity index (χ4n) is 4.14. The van der Waals surface area contributed by atoms with Crippen LogP contribution in [0.1, 0.15) is 26.7 Å². The highest BCUT2D eigenvalue weighted by Crippen LogP contribution is 2.51. The fourth-order valence-corrected chi connectivity index (χ4v) is 4.14. The van der Waals surface area contributed by atoms with Crippen molar-refractivity contribution in [2.24, 2.45) is 11.3 Å². The van der Waals surface area contributed by atoms with E-state index in [1.165, 1.54) is 12.8 Å². The summed E-state index contributed by atoms with van der Waals surface area (Å²) in [6.07, 6.45) is 3.06. The third kappa shape index (κ3) is 2.68. The lowest BCUT2D eigenvalue weighted by molar-refractivity contribution is -0.192. The highest BCUT2D eigenvalue weighted by molar-refractivity contribution is 5.10. The van der Waals surface area contributed by atoms with Crippen LogP contribution in [0, 0.1) is 11.3 Å². The normalized spacial score (nSPS) is 38.5. The molecule has 0 spiro atoms. The molecule has 3 aliphatic rings. The van der Waals surface area contributed by atoms with Gasteiger partial charge in [0.2, 0.25) is 0 Å². The van der Waals surface area contributed by atoms with E-state index < -0.39 is 0 Å². The van der Waals surface area contributed by atoms with Crippen molar-refractivity contribution in [3.8, 4) is 0 Å². The molecule has 2 heterocycles. The standard InChI is InChI=1S/C15H28N2O2/c1-15(2)13(12-4-3-9-19-14(12)15)16-5-6-17-7-10-18-11-8-17/h12-14,16H,3-11H2,1-2H3. The monoisotopic (exact) mass is 268 g/mol. The van der Waals surface area contributed by atoms with Crippen LogP contribution in [-0.4, -0.2) is 63.0 Å². The van der Waals surface area contributed by atoms with Gasteiger partial charge in [-0.15, -0.1) is 0 Å². The molecule has 2 saturated heterocycles. The molecule has 1 saturated carbocycles. The predicted molar refractivity (Wildman–Crippen MR) is 75.3 cm³/mol. The fraction of sp³-hybridized carbons (Fsp3) is 1.00. The van der Waals surface area contributed by atoms with E-state index in [0.717, 1.165) is 51.9 Å². The summed E-state index contributed by atoms with van der Waals surface area (Å²) in [6.45, 7) is 11.9. The third-order valence-electron chi connectivity index (χ3n) is 5.23. The molecule has 1 N–H and O–H groups in total. The van der Waals surface area contributed by atoms with E-state index in [-0.39, 0.29) is 0 Å². The van der Waals surface area contributed by atoms with Crippen LogP contribution >= 0.6 is 0 Å². The van der Waals surface area contributed by atoms with E-state index in [0.29, 0.717) is 17.6 Å². The summed E-state index contributed by atoms with van der Waals surface area (Å²) >= 11 is 0. The van der Waals surface area contributed by atoms with Gasteiger partial charge in [-0.05, 0) is 12.8 Å². The van der Waals surface area contributed by atoms with Gasteiger partial charge in [0.15, 0.2) is 0 Å². The maximum Gasteiger partial charge on any atom is 0.0684 e. The number of morpholine rings is 1. The van der Waals surface area contributed by atoms with E-state index in [1.54, 1.807) is 0 Å². The average Bonchev–Trinajstić information content (AvgIpc) is 2.44. The number of rotatable bonds is 4. The predicted octanol–water partition coefficient (Wildman–Crippen LogP) is 1.11. The van der Waals surface area contributed by atoms with Crippen LogP contribution in [0.2, 0.25) is 0 Å². The van der Waals surface area contributed by atoms with Crippen molar-refractivity contribution < 1.29 is 9.47 Å². The minimum Gasteiger partial charge on any atom is -0.379 e. The van der Waals surface area contributed by atoms with Gasteiger partial charge >= 0.3 is 0 Å². The Labute approximate surface area is 116 Å². The lowest BCUT2D eigenvalue weighted by Crippen LogP contribution is -2.69. The van der Waals surface area contributed by atoms with Gasteiger partial charge in [-0.1, -0.05) is 13.8 Å². The average molecular weight is 268 g/mol. The van der Waals surface area contributed by atoms with Crippen molar-refractivity contribution in [2.75, 3.05) is 46.0 Å². The number of hydrogen-bond donors (Lipinski definition) is 1. The molecule has 0 aromatic heterocycles. The highest BCUT2D eigenvalue weighted by atomic mass is 16.5. The molecule has 4 heteroatoms. The molecule has 3 rings (SSSR count). The number of ether oxygens (including phenoxy) is 2. The Morgan fingerprint density at radius 1 is 1.21 bits per heavy atom. The van der Waals surface area contributed by atoms with Crippen LogP contribution in [0.5, 0.6) is 0 Å². The number of nitrogens with zero attached hydrogens (tertiary/aromatic N) is 1. The first-order valence-corrected chi connectivity index (χ1v) is 7.84. The molecule has 0 aromatic carbocycles. The van der Waals surface area contributed by atoms with Crippen molar-refractivity contribution in [2.45, 2.75) is 38.8 Å². The minimum absolute atomic E-state index is 0.302. The van der Waals surface area contributed by atoms with Crippen LogP contribution in [-0.2, 0) is 9.47 Å². The van der Waals surface area contributed by atoms with Crippen LogP contribution < -0.4 is 5.32 Å². The molecule has 0 bridgehead atoms. The molecule has 19 heavy (non-hydrogen) atoms. The zero-order valence-electron chi connectivity index (χ0n) is 12.4. The summed E-state index contributed by atoms with van der Waals surface area (Å²) < 4.78 is 11.3.